The van der Waals surface area contributed by atoms with E-state index in [2.05, 4.69) is 12.1 Å². The first-order chi connectivity index (χ1) is 13.9. The number of benzene rings is 2. The molecule has 4 bridgehead atoms. The zero-order chi connectivity index (χ0) is 20.2. The van der Waals surface area contributed by atoms with Gasteiger partial charge in [-0.2, -0.15) is 0 Å². The molecule has 0 N–H and O–H groups in total. The molecule has 0 atom stereocenters. The summed E-state index contributed by atoms with van der Waals surface area (Å²) in [5, 5.41) is 0. The van der Waals surface area contributed by atoms with Crippen molar-refractivity contribution in [2.45, 2.75) is 62.7 Å². The molecule has 0 spiro atoms. The highest BCUT2D eigenvalue weighted by atomic mass is 32.2. The molecule has 0 aromatic heterocycles. The number of rotatable bonds is 5. The van der Waals surface area contributed by atoms with Gasteiger partial charge in [-0.15, -0.1) is 0 Å². The molecule has 0 radical (unpaired) electrons. The summed E-state index contributed by atoms with van der Waals surface area (Å²) in [7, 11) is -3.55. The molecule has 4 heteroatoms. The Balaban J connectivity index is 1.44. The molecule has 0 unspecified atom stereocenters. The summed E-state index contributed by atoms with van der Waals surface area (Å²) in [6.07, 6.45) is 8.31. The zero-order valence-corrected chi connectivity index (χ0v) is 18.3. The van der Waals surface area contributed by atoms with Gasteiger partial charge >= 0.3 is 0 Å². The molecule has 2 aromatic rings. The van der Waals surface area contributed by atoms with Crippen molar-refractivity contribution in [1.29, 1.82) is 0 Å². The van der Waals surface area contributed by atoms with Crippen molar-refractivity contribution in [3.05, 3.63) is 59.7 Å². The van der Waals surface area contributed by atoms with Gasteiger partial charge in [0.05, 0.1) is 10.6 Å². The number of hydrogen-bond donors (Lipinski definition) is 0. The SMILES string of the molecule is CCN(c1ccc(C23CC4CC(CC(C4)C2)C3)cc1)S(=O)(=O)c1ccc(C)cc1. The number of hydrogen-bond acceptors (Lipinski definition) is 2. The monoisotopic (exact) mass is 409 g/mol. The first-order valence-electron chi connectivity index (χ1n) is 11.1. The van der Waals surface area contributed by atoms with Crippen LogP contribution in [-0.4, -0.2) is 15.0 Å². The molecular weight excluding hydrogens is 378 g/mol. The molecule has 4 saturated carbocycles. The predicted octanol–water partition coefficient (Wildman–Crippen LogP) is 5.68. The number of nitrogens with zero attached hydrogens (tertiary/aromatic N) is 1. The second kappa shape index (κ2) is 6.87. The third kappa shape index (κ3) is 3.20. The van der Waals surface area contributed by atoms with E-state index >= 15 is 0 Å². The fourth-order valence-electron chi connectivity index (χ4n) is 6.77. The van der Waals surface area contributed by atoms with Gasteiger partial charge in [-0.3, -0.25) is 4.31 Å². The maximum atomic E-state index is 13.2. The Morgan fingerprint density at radius 2 is 1.38 bits per heavy atom. The largest absolute Gasteiger partial charge is 0.267 e. The smallest absolute Gasteiger partial charge is 0.264 e. The van der Waals surface area contributed by atoms with E-state index in [0.29, 0.717) is 16.9 Å². The van der Waals surface area contributed by atoms with E-state index in [9.17, 15) is 8.42 Å². The number of aryl methyl sites for hydroxylation is 1. The lowest BCUT2D eigenvalue weighted by molar-refractivity contribution is -0.00518. The fourth-order valence-corrected chi connectivity index (χ4v) is 8.25. The van der Waals surface area contributed by atoms with Crippen molar-refractivity contribution >= 4 is 15.7 Å². The van der Waals surface area contributed by atoms with Crippen LogP contribution >= 0.6 is 0 Å². The highest BCUT2D eigenvalue weighted by molar-refractivity contribution is 7.92. The fraction of sp³-hybridized carbons (Fsp3) is 0.520. The lowest BCUT2D eigenvalue weighted by Gasteiger charge is -2.57. The molecule has 0 heterocycles. The molecular formula is C25H31NO2S. The quantitative estimate of drug-likeness (QED) is 0.637. The van der Waals surface area contributed by atoms with Crippen molar-refractivity contribution in [3.8, 4) is 0 Å². The van der Waals surface area contributed by atoms with Crippen molar-refractivity contribution in [2.75, 3.05) is 10.8 Å². The minimum absolute atomic E-state index is 0.347. The van der Waals surface area contributed by atoms with Crippen LogP contribution in [0.3, 0.4) is 0 Å². The van der Waals surface area contributed by atoms with E-state index in [1.54, 1.807) is 12.1 Å². The molecule has 0 saturated heterocycles. The summed E-state index contributed by atoms with van der Waals surface area (Å²) in [5.41, 5.74) is 3.61. The van der Waals surface area contributed by atoms with Crippen molar-refractivity contribution in [2.24, 2.45) is 17.8 Å². The van der Waals surface area contributed by atoms with E-state index in [0.717, 1.165) is 29.0 Å². The summed E-state index contributed by atoms with van der Waals surface area (Å²) in [4.78, 5) is 0.357. The standard InChI is InChI=1S/C25H31NO2S/c1-3-26(29(27,28)24-10-4-18(2)5-11-24)23-8-6-22(7-9-23)25-15-19-12-20(16-25)14-21(13-19)17-25/h4-11,19-21H,3,12-17H2,1-2H3. The molecule has 3 nitrogen and oxygen atoms in total. The topological polar surface area (TPSA) is 37.4 Å². The van der Waals surface area contributed by atoms with Crippen LogP contribution in [0.4, 0.5) is 5.69 Å². The zero-order valence-electron chi connectivity index (χ0n) is 17.5. The lowest BCUT2D eigenvalue weighted by Crippen LogP contribution is -2.48. The van der Waals surface area contributed by atoms with Crippen molar-refractivity contribution in [3.63, 3.8) is 0 Å². The normalized spacial score (nSPS) is 30.5. The molecule has 0 aliphatic heterocycles. The Morgan fingerprint density at radius 3 is 1.86 bits per heavy atom. The number of anilines is 1. The highest BCUT2D eigenvalue weighted by Gasteiger charge is 2.51. The maximum Gasteiger partial charge on any atom is 0.264 e. The van der Waals surface area contributed by atoms with E-state index < -0.39 is 10.0 Å². The van der Waals surface area contributed by atoms with Gasteiger partial charge in [-0.25, -0.2) is 8.42 Å². The Labute approximate surface area is 175 Å². The highest BCUT2D eigenvalue weighted by Crippen LogP contribution is 2.60. The maximum absolute atomic E-state index is 13.2. The second-order valence-electron chi connectivity index (χ2n) is 9.73. The van der Waals surface area contributed by atoms with Crippen LogP contribution in [0.15, 0.2) is 53.4 Å². The van der Waals surface area contributed by atoms with Crippen molar-refractivity contribution < 1.29 is 8.42 Å². The minimum Gasteiger partial charge on any atom is -0.267 e. The summed E-state index contributed by atoms with van der Waals surface area (Å²) in [6, 6.07) is 15.6. The van der Waals surface area contributed by atoms with Gasteiger partial charge in [0.2, 0.25) is 0 Å². The van der Waals surface area contributed by atoms with Gasteiger partial charge in [-0.05, 0) is 105 Å². The molecule has 154 valence electrons. The van der Waals surface area contributed by atoms with E-state index in [-0.39, 0.29) is 0 Å². The minimum atomic E-state index is -3.55. The lowest BCUT2D eigenvalue weighted by atomic mass is 9.48. The average Bonchev–Trinajstić information content (AvgIpc) is 2.68. The van der Waals surface area contributed by atoms with E-state index in [4.69, 9.17) is 0 Å². The van der Waals surface area contributed by atoms with Crippen LogP contribution in [0.1, 0.15) is 56.6 Å². The molecule has 29 heavy (non-hydrogen) atoms. The van der Waals surface area contributed by atoms with Crippen LogP contribution in [-0.2, 0) is 15.4 Å². The van der Waals surface area contributed by atoms with Crippen LogP contribution in [0.5, 0.6) is 0 Å². The predicted molar refractivity (Wildman–Crippen MR) is 118 cm³/mol. The van der Waals surface area contributed by atoms with Crippen LogP contribution in [0, 0.1) is 24.7 Å². The molecule has 2 aromatic carbocycles. The van der Waals surface area contributed by atoms with Crippen LogP contribution in [0.25, 0.3) is 0 Å². The Morgan fingerprint density at radius 1 is 0.862 bits per heavy atom. The Bertz CT molecular complexity index is 957. The van der Waals surface area contributed by atoms with Gasteiger partial charge in [0.15, 0.2) is 0 Å². The molecule has 4 aliphatic rings. The van der Waals surface area contributed by atoms with Gasteiger partial charge in [0.25, 0.3) is 10.0 Å². The van der Waals surface area contributed by atoms with Crippen molar-refractivity contribution in [1.82, 2.24) is 0 Å². The van der Waals surface area contributed by atoms with E-state index in [1.165, 1.54) is 48.4 Å². The molecule has 4 fully saturated rings. The summed E-state index contributed by atoms with van der Waals surface area (Å²) >= 11 is 0. The molecule has 0 amide bonds. The van der Waals surface area contributed by atoms with Gasteiger partial charge in [-0.1, -0.05) is 29.8 Å². The average molecular weight is 410 g/mol. The third-order valence-corrected chi connectivity index (χ3v) is 9.62. The van der Waals surface area contributed by atoms with Crippen LogP contribution in [0.2, 0.25) is 0 Å². The Hall–Kier alpha value is -1.81. The van der Waals surface area contributed by atoms with E-state index in [1.807, 2.05) is 38.1 Å². The first kappa shape index (κ1) is 19.2. The third-order valence-electron chi connectivity index (χ3n) is 7.70. The summed E-state index contributed by atoms with van der Waals surface area (Å²) in [5.74, 6) is 2.74. The molecule has 4 aliphatic carbocycles. The molecule has 6 rings (SSSR count). The summed E-state index contributed by atoms with van der Waals surface area (Å²) < 4.78 is 27.9. The van der Waals surface area contributed by atoms with Crippen LogP contribution < -0.4 is 4.31 Å². The summed E-state index contributed by atoms with van der Waals surface area (Å²) in [6.45, 7) is 4.29. The van der Waals surface area contributed by atoms with Gasteiger partial charge in [0.1, 0.15) is 0 Å². The first-order valence-corrected chi connectivity index (χ1v) is 12.5. The number of sulfonamides is 1. The second-order valence-corrected chi connectivity index (χ2v) is 11.6. The Kier molecular flexibility index (Phi) is 4.54. The van der Waals surface area contributed by atoms with Gasteiger partial charge in [0, 0.05) is 6.54 Å². The van der Waals surface area contributed by atoms with Gasteiger partial charge < -0.3 is 0 Å².